The summed E-state index contributed by atoms with van der Waals surface area (Å²) in [5, 5.41) is 0. The van der Waals surface area contributed by atoms with Crippen LogP contribution < -0.4 is 5.73 Å². The zero-order chi connectivity index (χ0) is 13.0. The van der Waals surface area contributed by atoms with Gasteiger partial charge < -0.3 is 10.5 Å². The Kier molecular flexibility index (Phi) is 5.05. The first-order valence-corrected chi connectivity index (χ1v) is 7.67. The van der Waals surface area contributed by atoms with E-state index in [1.54, 1.807) is 7.11 Å². The van der Waals surface area contributed by atoms with E-state index in [1.807, 2.05) is 0 Å². The molecule has 106 valence electrons. The van der Waals surface area contributed by atoms with Gasteiger partial charge in [-0.05, 0) is 38.0 Å². The molecule has 0 aromatic heterocycles. The van der Waals surface area contributed by atoms with Gasteiger partial charge in [-0.2, -0.15) is 0 Å². The van der Waals surface area contributed by atoms with Crippen LogP contribution in [-0.4, -0.2) is 43.3 Å². The number of methoxy groups -OCH3 is 1. The van der Waals surface area contributed by atoms with Gasteiger partial charge >= 0.3 is 0 Å². The Bertz CT molecular complexity index is 255. The highest BCUT2D eigenvalue weighted by Gasteiger charge is 2.43. The van der Waals surface area contributed by atoms with E-state index >= 15 is 0 Å². The fraction of sp³-hybridized carbons (Fsp3) is 1.00. The average molecular weight is 254 g/mol. The van der Waals surface area contributed by atoms with E-state index in [4.69, 9.17) is 10.5 Å². The molecule has 2 rings (SSSR count). The molecule has 0 heterocycles. The standard InChI is InChI=1S/C15H30N2O/c1-13-4-3-8-15(12-16,9-7-13)17(10-11-18-2)14-5-6-14/h13-14H,3-12,16H2,1-2H3. The van der Waals surface area contributed by atoms with Gasteiger partial charge in [0.15, 0.2) is 0 Å². The smallest absolute Gasteiger partial charge is 0.0590 e. The van der Waals surface area contributed by atoms with E-state index in [1.165, 1.54) is 44.9 Å². The van der Waals surface area contributed by atoms with Crippen LogP contribution in [0, 0.1) is 5.92 Å². The number of hydrogen-bond donors (Lipinski definition) is 1. The van der Waals surface area contributed by atoms with Crippen LogP contribution >= 0.6 is 0 Å². The Balaban J connectivity index is 2.06. The number of ether oxygens (including phenoxy) is 1. The topological polar surface area (TPSA) is 38.5 Å². The van der Waals surface area contributed by atoms with Gasteiger partial charge in [0, 0.05) is 31.8 Å². The summed E-state index contributed by atoms with van der Waals surface area (Å²) in [6.07, 6.45) is 9.35. The van der Waals surface area contributed by atoms with E-state index in [0.29, 0.717) is 0 Å². The molecule has 0 aromatic carbocycles. The van der Waals surface area contributed by atoms with Crippen LogP contribution in [0.25, 0.3) is 0 Å². The summed E-state index contributed by atoms with van der Waals surface area (Å²) in [7, 11) is 1.80. The molecule has 2 fully saturated rings. The van der Waals surface area contributed by atoms with Crippen molar-refractivity contribution in [2.24, 2.45) is 11.7 Å². The molecule has 2 aliphatic carbocycles. The lowest BCUT2D eigenvalue weighted by Crippen LogP contribution is -2.55. The zero-order valence-corrected chi connectivity index (χ0v) is 12.2. The molecular weight excluding hydrogens is 224 g/mol. The SMILES string of the molecule is COCCN(C1CC1)C1(CN)CCCC(C)CC1. The van der Waals surface area contributed by atoms with Crippen LogP contribution in [0.2, 0.25) is 0 Å². The van der Waals surface area contributed by atoms with Gasteiger partial charge in [0.05, 0.1) is 6.61 Å². The van der Waals surface area contributed by atoms with Crippen molar-refractivity contribution < 1.29 is 4.74 Å². The Morgan fingerprint density at radius 1 is 1.22 bits per heavy atom. The van der Waals surface area contributed by atoms with Crippen LogP contribution in [0.5, 0.6) is 0 Å². The molecule has 0 amide bonds. The second kappa shape index (κ2) is 6.36. The summed E-state index contributed by atoms with van der Waals surface area (Å²) in [5.41, 5.74) is 6.48. The lowest BCUT2D eigenvalue weighted by atomic mass is 9.87. The molecule has 3 nitrogen and oxygen atoms in total. The van der Waals surface area contributed by atoms with Crippen molar-refractivity contribution >= 4 is 0 Å². The molecule has 0 aliphatic heterocycles. The first-order valence-electron chi connectivity index (χ1n) is 7.67. The fourth-order valence-corrected chi connectivity index (χ4v) is 3.56. The first kappa shape index (κ1) is 14.3. The van der Waals surface area contributed by atoms with Gasteiger partial charge in [-0.15, -0.1) is 0 Å². The third kappa shape index (κ3) is 3.25. The molecule has 3 heteroatoms. The lowest BCUT2D eigenvalue weighted by molar-refractivity contribution is 0.0409. The summed E-state index contributed by atoms with van der Waals surface area (Å²) < 4.78 is 5.30. The fourth-order valence-electron chi connectivity index (χ4n) is 3.56. The molecule has 18 heavy (non-hydrogen) atoms. The van der Waals surface area contributed by atoms with Crippen molar-refractivity contribution in [1.82, 2.24) is 4.90 Å². The van der Waals surface area contributed by atoms with Crippen molar-refractivity contribution in [2.75, 3.05) is 26.8 Å². The van der Waals surface area contributed by atoms with Gasteiger partial charge in [-0.25, -0.2) is 0 Å². The number of nitrogens with zero attached hydrogens (tertiary/aromatic N) is 1. The summed E-state index contributed by atoms with van der Waals surface area (Å²) >= 11 is 0. The first-order chi connectivity index (χ1) is 8.72. The lowest BCUT2D eigenvalue weighted by Gasteiger charge is -2.43. The third-order valence-electron chi connectivity index (χ3n) is 4.95. The molecule has 2 atom stereocenters. The highest BCUT2D eigenvalue weighted by molar-refractivity contribution is 5.00. The predicted octanol–water partition coefficient (Wildman–Crippen LogP) is 2.39. The maximum atomic E-state index is 6.21. The van der Waals surface area contributed by atoms with Crippen LogP contribution in [0.4, 0.5) is 0 Å². The van der Waals surface area contributed by atoms with Gasteiger partial charge in [0.25, 0.3) is 0 Å². The molecule has 2 aliphatic rings. The molecule has 2 unspecified atom stereocenters. The zero-order valence-electron chi connectivity index (χ0n) is 12.2. The van der Waals surface area contributed by atoms with Crippen molar-refractivity contribution in [3.8, 4) is 0 Å². The number of nitrogens with two attached hydrogens (primary N) is 1. The highest BCUT2D eigenvalue weighted by atomic mass is 16.5. The van der Waals surface area contributed by atoms with E-state index in [-0.39, 0.29) is 5.54 Å². The molecule has 0 bridgehead atoms. The molecule has 2 saturated carbocycles. The summed E-state index contributed by atoms with van der Waals surface area (Å²) in [6, 6.07) is 0.789. The van der Waals surface area contributed by atoms with Crippen molar-refractivity contribution in [3.05, 3.63) is 0 Å². The van der Waals surface area contributed by atoms with E-state index < -0.39 is 0 Å². The number of hydrogen-bond acceptors (Lipinski definition) is 3. The molecule has 0 saturated heterocycles. The maximum Gasteiger partial charge on any atom is 0.0590 e. The maximum absolute atomic E-state index is 6.21. The highest BCUT2D eigenvalue weighted by Crippen LogP contribution is 2.40. The normalized spacial score (nSPS) is 33.7. The second-order valence-electron chi connectivity index (χ2n) is 6.38. The van der Waals surface area contributed by atoms with Crippen LogP contribution in [0.1, 0.15) is 51.9 Å². The molecule has 2 N–H and O–H groups in total. The Labute approximate surface area is 112 Å². The Morgan fingerprint density at radius 3 is 2.61 bits per heavy atom. The van der Waals surface area contributed by atoms with Crippen molar-refractivity contribution in [2.45, 2.75) is 63.5 Å². The number of rotatable bonds is 6. The quantitative estimate of drug-likeness (QED) is 0.740. The summed E-state index contributed by atoms with van der Waals surface area (Å²) in [5.74, 6) is 0.877. The summed E-state index contributed by atoms with van der Waals surface area (Å²) in [4.78, 5) is 2.70. The minimum atomic E-state index is 0.268. The Hall–Kier alpha value is -0.120. The van der Waals surface area contributed by atoms with Crippen molar-refractivity contribution in [3.63, 3.8) is 0 Å². The van der Waals surface area contributed by atoms with Gasteiger partial charge in [-0.3, -0.25) is 4.90 Å². The average Bonchev–Trinajstić information content (AvgIpc) is 3.19. The molecule has 0 radical (unpaired) electrons. The monoisotopic (exact) mass is 254 g/mol. The van der Waals surface area contributed by atoms with E-state index in [2.05, 4.69) is 11.8 Å². The van der Waals surface area contributed by atoms with E-state index in [9.17, 15) is 0 Å². The predicted molar refractivity (Wildman–Crippen MR) is 75.6 cm³/mol. The molecular formula is C15H30N2O. The van der Waals surface area contributed by atoms with Crippen LogP contribution in [0.3, 0.4) is 0 Å². The summed E-state index contributed by atoms with van der Waals surface area (Å²) in [6.45, 7) is 5.11. The Morgan fingerprint density at radius 2 is 2.00 bits per heavy atom. The van der Waals surface area contributed by atoms with Crippen LogP contribution in [-0.2, 0) is 4.74 Å². The van der Waals surface area contributed by atoms with Crippen LogP contribution in [0.15, 0.2) is 0 Å². The third-order valence-corrected chi connectivity index (χ3v) is 4.95. The van der Waals surface area contributed by atoms with Gasteiger partial charge in [-0.1, -0.05) is 19.8 Å². The molecule has 0 aromatic rings. The second-order valence-corrected chi connectivity index (χ2v) is 6.38. The molecule has 0 spiro atoms. The van der Waals surface area contributed by atoms with Crippen molar-refractivity contribution in [1.29, 1.82) is 0 Å². The van der Waals surface area contributed by atoms with Gasteiger partial charge in [0.2, 0.25) is 0 Å². The minimum Gasteiger partial charge on any atom is -0.383 e. The largest absolute Gasteiger partial charge is 0.383 e. The minimum absolute atomic E-state index is 0.268. The van der Waals surface area contributed by atoms with E-state index in [0.717, 1.165) is 31.7 Å². The van der Waals surface area contributed by atoms with Gasteiger partial charge in [0.1, 0.15) is 0 Å².